The average molecular weight is 261 g/mol. The van der Waals surface area contributed by atoms with Crippen LogP contribution >= 0.6 is 0 Å². The monoisotopic (exact) mass is 261 g/mol. The quantitative estimate of drug-likeness (QED) is 0.867. The SMILES string of the molecule is CCN(C1CCCCC1)C(C)c1ccc(C)cc1O. The van der Waals surface area contributed by atoms with Gasteiger partial charge < -0.3 is 5.11 Å². The summed E-state index contributed by atoms with van der Waals surface area (Å²) in [6.45, 7) is 7.53. The average Bonchev–Trinajstić information content (AvgIpc) is 2.40. The van der Waals surface area contributed by atoms with Crippen LogP contribution in [0.4, 0.5) is 0 Å². The van der Waals surface area contributed by atoms with Crippen molar-refractivity contribution in [3.63, 3.8) is 0 Å². The van der Waals surface area contributed by atoms with Crippen LogP contribution in [0.3, 0.4) is 0 Å². The lowest BCUT2D eigenvalue weighted by atomic mass is 9.92. The molecule has 1 N–H and O–H groups in total. The molecule has 1 aromatic carbocycles. The molecule has 0 radical (unpaired) electrons. The molecule has 0 bridgehead atoms. The van der Waals surface area contributed by atoms with Gasteiger partial charge in [-0.1, -0.05) is 38.3 Å². The van der Waals surface area contributed by atoms with E-state index in [0.717, 1.165) is 17.7 Å². The van der Waals surface area contributed by atoms with E-state index in [4.69, 9.17) is 0 Å². The van der Waals surface area contributed by atoms with Gasteiger partial charge in [0, 0.05) is 17.6 Å². The topological polar surface area (TPSA) is 23.5 Å². The second kappa shape index (κ2) is 6.42. The fraction of sp³-hybridized carbons (Fsp3) is 0.647. The van der Waals surface area contributed by atoms with Crippen molar-refractivity contribution in [2.24, 2.45) is 0 Å². The second-order valence-electron chi connectivity index (χ2n) is 5.86. The Bertz CT molecular complexity index is 410. The van der Waals surface area contributed by atoms with E-state index in [0.29, 0.717) is 17.8 Å². The molecule has 2 heteroatoms. The number of nitrogens with zero attached hydrogens (tertiary/aromatic N) is 1. The Morgan fingerprint density at radius 1 is 1.26 bits per heavy atom. The largest absolute Gasteiger partial charge is 0.508 e. The third kappa shape index (κ3) is 3.30. The third-order valence-electron chi connectivity index (χ3n) is 4.54. The van der Waals surface area contributed by atoms with Gasteiger partial charge in [0.15, 0.2) is 0 Å². The van der Waals surface area contributed by atoms with Crippen molar-refractivity contribution in [2.75, 3.05) is 6.54 Å². The van der Waals surface area contributed by atoms with Gasteiger partial charge in [0.05, 0.1) is 0 Å². The summed E-state index contributed by atoms with van der Waals surface area (Å²) < 4.78 is 0. The highest BCUT2D eigenvalue weighted by Crippen LogP contribution is 2.33. The van der Waals surface area contributed by atoms with E-state index >= 15 is 0 Å². The third-order valence-corrected chi connectivity index (χ3v) is 4.54. The Hall–Kier alpha value is -1.02. The van der Waals surface area contributed by atoms with E-state index in [1.165, 1.54) is 32.1 Å². The minimum atomic E-state index is 0.300. The Morgan fingerprint density at radius 2 is 1.95 bits per heavy atom. The van der Waals surface area contributed by atoms with E-state index < -0.39 is 0 Å². The second-order valence-corrected chi connectivity index (χ2v) is 5.86. The Labute approximate surface area is 117 Å². The lowest BCUT2D eigenvalue weighted by molar-refractivity contribution is 0.118. The van der Waals surface area contributed by atoms with Crippen molar-refractivity contribution in [1.82, 2.24) is 4.90 Å². The van der Waals surface area contributed by atoms with Crippen LogP contribution in [0.25, 0.3) is 0 Å². The van der Waals surface area contributed by atoms with Gasteiger partial charge in [-0.3, -0.25) is 4.90 Å². The van der Waals surface area contributed by atoms with E-state index in [2.05, 4.69) is 30.9 Å². The zero-order valence-corrected chi connectivity index (χ0v) is 12.5. The van der Waals surface area contributed by atoms with Crippen molar-refractivity contribution in [3.8, 4) is 5.75 Å². The summed E-state index contributed by atoms with van der Waals surface area (Å²) in [7, 11) is 0. The van der Waals surface area contributed by atoms with Crippen molar-refractivity contribution in [2.45, 2.75) is 65.0 Å². The first-order chi connectivity index (χ1) is 9.13. The van der Waals surface area contributed by atoms with Crippen LogP contribution in [-0.4, -0.2) is 22.6 Å². The van der Waals surface area contributed by atoms with Gasteiger partial charge in [-0.15, -0.1) is 0 Å². The first kappa shape index (κ1) is 14.4. The molecule has 1 unspecified atom stereocenters. The zero-order valence-electron chi connectivity index (χ0n) is 12.5. The fourth-order valence-corrected chi connectivity index (χ4v) is 3.45. The maximum Gasteiger partial charge on any atom is 0.120 e. The standard InChI is InChI=1S/C17H27NO/c1-4-18(15-8-6-5-7-9-15)14(3)16-11-10-13(2)12-17(16)19/h10-12,14-15,19H,4-9H2,1-3H3. The van der Waals surface area contributed by atoms with Crippen LogP contribution in [0.15, 0.2) is 18.2 Å². The van der Waals surface area contributed by atoms with Crippen molar-refractivity contribution < 1.29 is 5.11 Å². The molecule has 2 rings (SSSR count). The van der Waals surface area contributed by atoms with Gasteiger partial charge in [-0.25, -0.2) is 0 Å². The molecule has 2 nitrogen and oxygen atoms in total. The highest BCUT2D eigenvalue weighted by molar-refractivity contribution is 5.37. The molecular weight excluding hydrogens is 234 g/mol. The maximum absolute atomic E-state index is 10.2. The predicted octanol–water partition coefficient (Wildman–Crippen LogP) is 4.42. The van der Waals surface area contributed by atoms with Crippen molar-refractivity contribution in [3.05, 3.63) is 29.3 Å². The fourth-order valence-electron chi connectivity index (χ4n) is 3.45. The van der Waals surface area contributed by atoms with Gasteiger partial charge >= 0.3 is 0 Å². The van der Waals surface area contributed by atoms with Crippen molar-refractivity contribution in [1.29, 1.82) is 0 Å². The molecule has 0 saturated heterocycles. The zero-order chi connectivity index (χ0) is 13.8. The van der Waals surface area contributed by atoms with Crippen LogP contribution in [0.5, 0.6) is 5.75 Å². The molecule has 1 atom stereocenters. The van der Waals surface area contributed by atoms with E-state index in [1.807, 2.05) is 13.0 Å². The molecule has 1 saturated carbocycles. The van der Waals surface area contributed by atoms with Crippen LogP contribution in [0.1, 0.15) is 63.1 Å². The molecule has 0 aromatic heterocycles. The van der Waals surface area contributed by atoms with Crippen LogP contribution < -0.4 is 0 Å². The van der Waals surface area contributed by atoms with Gasteiger partial charge in [0.25, 0.3) is 0 Å². The number of phenols is 1. The molecule has 0 heterocycles. The summed E-state index contributed by atoms with van der Waals surface area (Å²) in [4.78, 5) is 2.56. The highest BCUT2D eigenvalue weighted by atomic mass is 16.3. The number of benzene rings is 1. The van der Waals surface area contributed by atoms with Crippen LogP contribution in [-0.2, 0) is 0 Å². The molecule has 0 spiro atoms. The van der Waals surface area contributed by atoms with Gasteiger partial charge in [-0.05, 0) is 44.9 Å². The van der Waals surface area contributed by atoms with Gasteiger partial charge in [0.2, 0.25) is 0 Å². The minimum absolute atomic E-state index is 0.300. The van der Waals surface area contributed by atoms with Crippen LogP contribution in [0.2, 0.25) is 0 Å². The summed E-state index contributed by atoms with van der Waals surface area (Å²) >= 11 is 0. The number of phenolic OH excluding ortho intramolecular Hbond substituents is 1. The lowest BCUT2D eigenvalue weighted by Gasteiger charge is -2.38. The summed E-state index contributed by atoms with van der Waals surface area (Å²) in [5.74, 6) is 0.446. The summed E-state index contributed by atoms with van der Waals surface area (Å²) in [5.41, 5.74) is 2.19. The Kier molecular flexibility index (Phi) is 4.87. The first-order valence-corrected chi connectivity index (χ1v) is 7.68. The molecule has 1 aliphatic rings. The summed E-state index contributed by atoms with van der Waals surface area (Å²) in [5, 5.41) is 10.2. The Morgan fingerprint density at radius 3 is 2.53 bits per heavy atom. The number of hydrogen-bond acceptors (Lipinski definition) is 2. The molecule has 1 aromatic rings. The molecule has 0 amide bonds. The van der Waals surface area contributed by atoms with Gasteiger partial charge in [0.1, 0.15) is 5.75 Å². The Balaban J connectivity index is 2.17. The summed E-state index contributed by atoms with van der Waals surface area (Å²) in [6.07, 6.45) is 6.72. The maximum atomic E-state index is 10.2. The van der Waals surface area contributed by atoms with Crippen LogP contribution in [0, 0.1) is 6.92 Å². The smallest absolute Gasteiger partial charge is 0.120 e. The first-order valence-electron chi connectivity index (χ1n) is 7.68. The van der Waals surface area contributed by atoms with E-state index in [-0.39, 0.29) is 0 Å². The minimum Gasteiger partial charge on any atom is -0.508 e. The van der Waals surface area contributed by atoms with Gasteiger partial charge in [-0.2, -0.15) is 0 Å². The molecule has 1 aliphatic carbocycles. The normalized spacial score (nSPS) is 18.7. The van der Waals surface area contributed by atoms with E-state index in [9.17, 15) is 5.11 Å². The number of aromatic hydroxyl groups is 1. The van der Waals surface area contributed by atoms with E-state index in [1.54, 1.807) is 0 Å². The van der Waals surface area contributed by atoms with Crippen molar-refractivity contribution >= 4 is 0 Å². The molecule has 0 aliphatic heterocycles. The molecule has 1 fully saturated rings. The lowest BCUT2D eigenvalue weighted by Crippen LogP contribution is -2.38. The number of aryl methyl sites for hydroxylation is 1. The highest BCUT2D eigenvalue weighted by Gasteiger charge is 2.26. The molecule has 19 heavy (non-hydrogen) atoms. The molecule has 106 valence electrons. The molecular formula is C17H27NO. The summed E-state index contributed by atoms with van der Waals surface area (Å²) in [6, 6.07) is 7.05. The predicted molar refractivity (Wildman–Crippen MR) is 80.5 cm³/mol. The number of rotatable bonds is 4. The number of hydrogen-bond donors (Lipinski definition) is 1.